The molecule has 1 fully saturated rings. The molecule has 3 unspecified atom stereocenters. The average molecular weight is 225 g/mol. The number of rotatable bonds is 2. The van der Waals surface area contributed by atoms with Gasteiger partial charge in [0.05, 0.1) is 0 Å². The van der Waals surface area contributed by atoms with E-state index in [1.807, 2.05) is 13.8 Å². The molecule has 1 aromatic rings. The molecule has 3 atom stereocenters. The zero-order valence-corrected chi connectivity index (χ0v) is 9.63. The summed E-state index contributed by atoms with van der Waals surface area (Å²) in [4.78, 5) is 0. The molecule has 0 bridgehead atoms. The first-order valence-corrected chi connectivity index (χ1v) is 5.70. The van der Waals surface area contributed by atoms with Gasteiger partial charge in [0.15, 0.2) is 0 Å². The quantitative estimate of drug-likeness (QED) is 0.821. The van der Waals surface area contributed by atoms with Crippen LogP contribution in [-0.2, 0) is 0 Å². The molecular weight excluding hydrogens is 208 g/mol. The molecule has 16 heavy (non-hydrogen) atoms. The summed E-state index contributed by atoms with van der Waals surface area (Å²) in [6.45, 7) is 4.03. The summed E-state index contributed by atoms with van der Waals surface area (Å²) in [6, 6.07) is 4.08. The highest BCUT2D eigenvalue weighted by molar-refractivity contribution is 5.30. The van der Waals surface area contributed by atoms with Crippen molar-refractivity contribution >= 4 is 0 Å². The van der Waals surface area contributed by atoms with Crippen molar-refractivity contribution in [2.24, 2.45) is 11.1 Å². The van der Waals surface area contributed by atoms with Gasteiger partial charge in [-0.15, -0.1) is 0 Å². The largest absolute Gasteiger partial charge is 0.327 e. The summed E-state index contributed by atoms with van der Waals surface area (Å²) in [5.74, 6) is -0.984. The van der Waals surface area contributed by atoms with Crippen LogP contribution >= 0.6 is 0 Å². The first-order chi connectivity index (χ1) is 7.50. The highest BCUT2D eigenvalue weighted by Gasteiger charge is 2.50. The van der Waals surface area contributed by atoms with Gasteiger partial charge in [-0.05, 0) is 36.3 Å². The van der Waals surface area contributed by atoms with Crippen molar-refractivity contribution in [3.8, 4) is 0 Å². The Hall–Kier alpha value is -0.960. The highest BCUT2D eigenvalue weighted by atomic mass is 19.1. The molecule has 1 aliphatic carbocycles. The Balaban J connectivity index is 2.40. The Morgan fingerprint density at radius 2 is 1.94 bits per heavy atom. The predicted molar refractivity (Wildman–Crippen MR) is 60.1 cm³/mol. The van der Waals surface area contributed by atoms with Crippen LogP contribution in [0.1, 0.15) is 38.2 Å². The fraction of sp³-hybridized carbons (Fsp3) is 0.538. The van der Waals surface area contributed by atoms with Crippen molar-refractivity contribution < 1.29 is 8.78 Å². The molecule has 1 nitrogen and oxygen atoms in total. The Morgan fingerprint density at radius 1 is 1.38 bits per heavy atom. The normalized spacial score (nSPS) is 33.6. The van der Waals surface area contributed by atoms with E-state index in [1.54, 1.807) is 0 Å². The second-order valence-corrected chi connectivity index (χ2v) is 4.89. The van der Waals surface area contributed by atoms with E-state index in [0.29, 0.717) is 6.42 Å². The molecule has 0 amide bonds. The maximum atomic E-state index is 13.6. The van der Waals surface area contributed by atoms with Crippen molar-refractivity contribution in [1.29, 1.82) is 0 Å². The van der Waals surface area contributed by atoms with Gasteiger partial charge in [-0.3, -0.25) is 0 Å². The number of halogens is 2. The van der Waals surface area contributed by atoms with E-state index < -0.39 is 11.6 Å². The lowest BCUT2D eigenvalue weighted by atomic mass is 9.54. The SMILES string of the molecule is CCC1(C)C(N)CC1c1c(F)cccc1F. The van der Waals surface area contributed by atoms with E-state index >= 15 is 0 Å². The summed E-state index contributed by atoms with van der Waals surface area (Å²) in [7, 11) is 0. The molecule has 0 spiro atoms. The fourth-order valence-electron chi connectivity index (χ4n) is 2.69. The number of hydrogen-bond acceptors (Lipinski definition) is 1. The van der Waals surface area contributed by atoms with E-state index in [-0.39, 0.29) is 22.9 Å². The summed E-state index contributed by atoms with van der Waals surface area (Å²) < 4.78 is 27.3. The van der Waals surface area contributed by atoms with Crippen LogP contribution in [0.5, 0.6) is 0 Å². The lowest BCUT2D eigenvalue weighted by Gasteiger charge is -2.52. The number of nitrogens with two attached hydrogens (primary N) is 1. The Kier molecular flexibility index (Phi) is 2.74. The van der Waals surface area contributed by atoms with Gasteiger partial charge in [-0.1, -0.05) is 19.9 Å². The fourth-order valence-corrected chi connectivity index (χ4v) is 2.69. The third-order valence-corrected chi connectivity index (χ3v) is 4.24. The molecule has 1 saturated carbocycles. The van der Waals surface area contributed by atoms with Gasteiger partial charge in [-0.2, -0.15) is 0 Å². The summed E-state index contributed by atoms with van der Waals surface area (Å²) in [5, 5.41) is 0. The standard InChI is InChI=1S/C13H17F2N/c1-3-13(2)8(7-11(13)16)12-9(14)5-4-6-10(12)15/h4-6,8,11H,3,7,16H2,1-2H3. The van der Waals surface area contributed by atoms with Crippen LogP contribution in [0, 0.1) is 17.0 Å². The maximum absolute atomic E-state index is 13.6. The minimum atomic E-state index is -0.448. The van der Waals surface area contributed by atoms with E-state index in [9.17, 15) is 8.78 Å². The molecule has 1 aliphatic rings. The smallest absolute Gasteiger partial charge is 0.129 e. The molecule has 1 aromatic carbocycles. The molecule has 0 radical (unpaired) electrons. The maximum Gasteiger partial charge on any atom is 0.129 e. The van der Waals surface area contributed by atoms with Crippen LogP contribution in [0.25, 0.3) is 0 Å². The predicted octanol–water partition coefficient (Wildman–Crippen LogP) is 3.20. The molecule has 0 saturated heterocycles. The number of benzene rings is 1. The molecule has 0 aliphatic heterocycles. The second kappa shape index (κ2) is 3.81. The Morgan fingerprint density at radius 3 is 2.38 bits per heavy atom. The summed E-state index contributed by atoms with van der Waals surface area (Å²) >= 11 is 0. The van der Waals surface area contributed by atoms with Crippen LogP contribution in [0.2, 0.25) is 0 Å². The molecule has 3 heteroatoms. The van der Waals surface area contributed by atoms with Crippen molar-refractivity contribution in [3.63, 3.8) is 0 Å². The monoisotopic (exact) mass is 225 g/mol. The van der Waals surface area contributed by atoms with Crippen molar-refractivity contribution in [1.82, 2.24) is 0 Å². The molecule has 2 rings (SSSR count). The zero-order chi connectivity index (χ0) is 11.9. The lowest BCUT2D eigenvalue weighted by Crippen LogP contribution is -2.54. The second-order valence-electron chi connectivity index (χ2n) is 4.89. The zero-order valence-electron chi connectivity index (χ0n) is 9.63. The van der Waals surface area contributed by atoms with E-state index in [0.717, 1.165) is 6.42 Å². The average Bonchev–Trinajstić information content (AvgIpc) is 2.26. The Labute approximate surface area is 94.7 Å². The molecule has 0 heterocycles. The third-order valence-electron chi connectivity index (χ3n) is 4.24. The van der Waals surface area contributed by atoms with Crippen LogP contribution in [0.15, 0.2) is 18.2 Å². The van der Waals surface area contributed by atoms with E-state index in [4.69, 9.17) is 5.73 Å². The van der Waals surface area contributed by atoms with Crippen LogP contribution in [-0.4, -0.2) is 6.04 Å². The van der Waals surface area contributed by atoms with Crippen LogP contribution in [0.4, 0.5) is 8.78 Å². The van der Waals surface area contributed by atoms with Gasteiger partial charge in [0, 0.05) is 11.6 Å². The van der Waals surface area contributed by atoms with E-state index in [1.165, 1.54) is 18.2 Å². The van der Waals surface area contributed by atoms with Crippen molar-refractivity contribution in [2.75, 3.05) is 0 Å². The molecular formula is C13H17F2N. The van der Waals surface area contributed by atoms with Crippen LogP contribution < -0.4 is 5.73 Å². The van der Waals surface area contributed by atoms with Crippen molar-refractivity contribution in [3.05, 3.63) is 35.4 Å². The van der Waals surface area contributed by atoms with Gasteiger partial charge in [0.1, 0.15) is 11.6 Å². The minimum absolute atomic E-state index is 0.0431. The third kappa shape index (κ3) is 1.46. The van der Waals surface area contributed by atoms with Gasteiger partial charge in [0.2, 0.25) is 0 Å². The minimum Gasteiger partial charge on any atom is -0.327 e. The first kappa shape index (κ1) is 11.5. The topological polar surface area (TPSA) is 26.0 Å². The van der Waals surface area contributed by atoms with Crippen molar-refractivity contribution in [2.45, 2.75) is 38.6 Å². The highest BCUT2D eigenvalue weighted by Crippen LogP contribution is 2.54. The Bertz CT molecular complexity index is 385. The van der Waals surface area contributed by atoms with Crippen LogP contribution in [0.3, 0.4) is 0 Å². The first-order valence-electron chi connectivity index (χ1n) is 5.70. The number of hydrogen-bond donors (Lipinski definition) is 1. The molecule has 88 valence electrons. The molecule has 0 aromatic heterocycles. The lowest BCUT2D eigenvalue weighted by molar-refractivity contribution is 0.0657. The van der Waals surface area contributed by atoms with E-state index in [2.05, 4.69) is 0 Å². The van der Waals surface area contributed by atoms with Gasteiger partial charge in [0.25, 0.3) is 0 Å². The molecule has 2 N–H and O–H groups in total. The van der Waals surface area contributed by atoms with Gasteiger partial charge in [-0.25, -0.2) is 8.78 Å². The van der Waals surface area contributed by atoms with Gasteiger partial charge >= 0.3 is 0 Å². The summed E-state index contributed by atoms with van der Waals surface area (Å²) in [6.07, 6.45) is 1.51. The van der Waals surface area contributed by atoms with Gasteiger partial charge < -0.3 is 5.73 Å². The summed E-state index contributed by atoms with van der Waals surface area (Å²) in [5.41, 5.74) is 5.99.